The number of aliphatic hydroxyl groups is 1. The molecule has 0 radical (unpaired) electrons. The van der Waals surface area contributed by atoms with E-state index < -0.39 is 17.7 Å². The second-order valence-corrected chi connectivity index (χ2v) is 4.26. The number of halogens is 2. The molecule has 102 valence electrons. The molecule has 2 rings (SSSR count). The van der Waals surface area contributed by atoms with Crippen LogP contribution < -0.4 is 5.32 Å². The number of hydrogen-bond acceptors (Lipinski definition) is 3. The Kier molecular flexibility index (Phi) is 4.28. The molecule has 5 heteroatoms. The Morgan fingerprint density at radius 1 is 1.20 bits per heavy atom. The molecule has 0 heterocycles. The molecule has 0 amide bonds. The van der Waals surface area contributed by atoms with Crippen molar-refractivity contribution in [1.82, 2.24) is 0 Å². The molecule has 0 aromatic heterocycles. The van der Waals surface area contributed by atoms with E-state index in [1.807, 2.05) is 6.07 Å². The second-order valence-electron chi connectivity index (χ2n) is 4.26. The molecule has 1 unspecified atom stereocenters. The Morgan fingerprint density at radius 3 is 2.75 bits per heavy atom. The lowest BCUT2D eigenvalue weighted by atomic mass is 10.1. The first-order valence-electron chi connectivity index (χ1n) is 5.97. The third kappa shape index (κ3) is 3.31. The van der Waals surface area contributed by atoms with Crippen LogP contribution >= 0.6 is 0 Å². The number of aliphatic hydroxyl groups excluding tert-OH is 1. The third-order valence-corrected chi connectivity index (χ3v) is 2.81. The van der Waals surface area contributed by atoms with Gasteiger partial charge in [-0.1, -0.05) is 6.07 Å². The van der Waals surface area contributed by atoms with Crippen LogP contribution in [-0.2, 0) is 0 Å². The summed E-state index contributed by atoms with van der Waals surface area (Å²) in [5.74, 6) is -1.27. The van der Waals surface area contributed by atoms with Gasteiger partial charge >= 0.3 is 0 Å². The van der Waals surface area contributed by atoms with E-state index in [9.17, 15) is 13.9 Å². The molecule has 0 spiro atoms. The smallest absolute Gasteiger partial charge is 0.129 e. The van der Waals surface area contributed by atoms with Crippen LogP contribution in [0.15, 0.2) is 42.5 Å². The molecule has 0 bridgehead atoms. The summed E-state index contributed by atoms with van der Waals surface area (Å²) in [7, 11) is 0. The standard InChI is InChI=1S/C15H12F2N2O/c16-11-4-5-14(17)13(7-11)15(20)9-19-12-3-1-2-10(6-12)8-18/h1-7,15,19-20H,9H2. The first kappa shape index (κ1) is 14.0. The van der Waals surface area contributed by atoms with Crippen molar-refractivity contribution < 1.29 is 13.9 Å². The molecule has 0 aliphatic carbocycles. The van der Waals surface area contributed by atoms with Crippen LogP contribution in [0, 0.1) is 23.0 Å². The molecule has 3 nitrogen and oxygen atoms in total. The molecule has 0 aliphatic rings. The van der Waals surface area contributed by atoms with Crippen LogP contribution in [-0.4, -0.2) is 11.7 Å². The Labute approximate surface area is 115 Å². The van der Waals surface area contributed by atoms with E-state index in [4.69, 9.17) is 5.26 Å². The fourth-order valence-electron chi connectivity index (χ4n) is 1.79. The van der Waals surface area contributed by atoms with Gasteiger partial charge in [0.15, 0.2) is 0 Å². The normalized spacial score (nSPS) is 11.7. The van der Waals surface area contributed by atoms with Crippen LogP contribution in [0.2, 0.25) is 0 Å². The van der Waals surface area contributed by atoms with Crippen molar-refractivity contribution in [3.05, 3.63) is 65.2 Å². The fourth-order valence-corrected chi connectivity index (χ4v) is 1.79. The molecule has 1 atom stereocenters. The monoisotopic (exact) mass is 274 g/mol. The molecule has 20 heavy (non-hydrogen) atoms. The predicted octanol–water partition coefficient (Wildman–Crippen LogP) is 2.98. The summed E-state index contributed by atoms with van der Waals surface area (Å²) >= 11 is 0. The highest BCUT2D eigenvalue weighted by atomic mass is 19.1. The summed E-state index contributed by atoms with van der Waals surface area (Å²) in [4.78, 5) is 0. The number of nitrogens with one attached hydrogen (secondary N) is 1. The van der Waals surface area contributed by atoms with Gasteiger partial charge in [0.05, 0.1) is 17.7 Å². The number of nitriles is 1. The largest absolute Gasteiger partial charge is 0.386 e. The Hall–Kier alpha value is -2.45. The van der Waals surface area contributed by atoms with Gasteiger partial charge in [-0.3, -0.25) is 0 Å². The average molecular weight is 274 g/mol. The van der Waals surface area contributed by atoms with Crippen LogP contribution in [0.4, 0.5) is 14.5 Å². The lowest BCUT2D eigenvalue weighted by Crippen LogP contribution is -2.13. The zero-order valence-electron chi connectivity index (χ0n) is 10.5. The van der Waals surface area contributed by atoms with Crippen LogP contribution in [0.1, 0.15) is 17.2 Å². The fraction of sp³-hybridized carbons (Fsp3) is 0.133. The minimum absolute atomic E-state index is 0.00918. The van der Waals surface area contributed by atoms with Crippen molar-refractivity contribution in [3.8, 4) is 6.07 Å². The minimum Gasteiger partial charge on any atom is -0.386 e. The zero-order valence-corrected chi connectivity index (χ0v) is 10.5. The number of rotatable bonds is 4. The molecular formula is C15H12F2N2O. The first-order chi connectivity index (χ1) is 9.60. The van der Waals surface area contributed by atoms with Gasteiger partial charge in [0.2, 0.25) is 0 Å². The number of anilines is 1. The Balaban J connectivity index is 2.06. The topological polar surface area (TPSA) is 56.0 Å². The van der Waals surface area contributed by atoms with E-state index in [2.05, 4.69) is 5.32 Å². The van der Waals surface area contributed by atoms with E-state index >= 15 is 0 Å². The van der Waals surface area contributed by atoms with Gasteiger partial charge in [0, 0.05) is 17.8 Å². The SMILES string of the molecule is N#Cc1cccc(NCC(O)c2cc(F)ccc2F)c1. The number of hydrogen-bond donors (Lipinski definition) is 2. The maximum atomic E-state index is 13.5. The molecular weight excluding hydrogens is 262 g/mol. The highest BCUT2D eigenvalue weighted by Gasteiger charge is 2.13. The lowest BCUT2D eigenvalue weighted by Gasteiger charge is -2.14. The maximum absolute atomic E-state index is 13.5. The lowest BCUT2D eigenvalue weighted by molar-refractivity contribution is 0.186. The van der Waals surface area contributed by atoms with E-state index in [0.717, 1.165) is 18.2 Å². The second kappa shape index (κ2) is 6.13. The number of benzene rings is 2. The van der Waals surface area contributed by atoms with Crippen molar-refractivity contribution in [3.63, 3.8) is 0 Å². The van der Waals surface area contributed by atoms with E-state index in [0.29, 0.717) is 11.3 Å². The summed E-state index contributed by atoms with van der Waals surface area (Å²) < 4.78 is 26.5. The van der Waals surface area contributed by atoms with Crippen molar-refractivity contribution in [1.29, 1.82) is 5.26 Å². The summed E-state index contributed by atoms with van der Waals surface area (Å²) in [5.41, 5.74) is 0.996. The van der Waals surface area contributed by atoms with Crippen molar-refractivity contribution in [2.45, 2.75) is 6.10 Å². The quantitative estimate of drug-likeness (QED) is 0.901. The van der Waals surface area contributed by atoms with Gasteiger partial charge in [-0.2, -0.15) is 5.26 Å². The Bertz CT molecular complexity index is 653. The van der Waals surface area contributed by atoms with Gasteiger partial charge in [-0.25, -0.2) is 8.78 Å². The van der Waals surface area contributed by atoms with Crippen molar-refractivity contribution in [2.75, 3.05) is 11.9 Å². The van der Waals surface area contributed by atoms with Crippen LogP contribution in [0.5, 0.6) is 0 Å². The maximum Gasteiger partial charge on any atom is 0.129 e. The van der Waals surface area contributed by atoms with Gasteiger partial charge in [0.1, 0.15) is 11.6 Å². The van der Waals surface area contributed by atoms with Crippen LogP contribution in [0.3, 0.4) is 0 Å². The van der Waals surface area contributed by atoms with E-state index in [1.54, 1.807) is 24.3 Å². The van der Waals surface area contributed by atoms with Gasteiger partial charge < -0.3 is 10.4 Å². The molecule has 2 aromatic rings. The highest BCUT2D eigenvalue weighted by Crippen LogP contribution is 2.19. The number of nitrogens with zero attached hydrogens (tertiary/aromatic N) is 1. The van der Waals surface area contributed by atoms with Gasteiger partial charge in [-0.05, 0) is 36.4 Å². The predicted molar refractivity (Wildman–Crippen MR) is 71.0 cm³/mol. The van der Waals surface area contributed by atoms with E-state index in [-0.39, 0.29) is 12.1 Å². The summed E-state index contributed by atoms with van der Waals surface area (Å²) in [6.07, 6.45) is -1.18. The molecule has 0 saturated heterocycles. The summed E-state index contributed by atoms with van der Waals surface area (Å²) in [5, 5.41) is 21.5. The molecule has 0 aliphatic heterocycles. The summed E-state index contributed by atoms with van der Waals surface area (Å²) in [6, 6.07) is 11.6. The molecule has 0 saturated carbocycles. The van der Waals surface area contributed by atoms with Gasteiger partial charge in [0.25, 0.3) is 0 Å². The molecule has 2 N–H and O–H groups in total. The zero-order chi connectivity index (χ0) is 14.5. The minimum atomic E-state index is -1.18. The first-order valence-corrected chi connectivity index (χ1v) is 5.97. The average Bonchev–Trinajstić information content (AvgIpc) is 2.47. The molecule has 2 aromatic carbocycles. The van der Waals surface area contributed by atoms with Crippen LogP contribution in [0.25, 0.3) is 0 Å². The van der Waals surface area contributed by atoms with Gasteiger partial charge in [-0.15, -0.1) is 0 Å². The molecule has 0 fully saturated rings. The van der Waals surface area contributed by atoms with Crippen molar-refractivity contribution >= 4 is 5.69 Å². The van der Waals surface area contributed by atoms with E-state index in [1.165, 1.54) is 0 Å². The summed E-state index contributed by atoms with van der Waals surface area (Å²) in [6.45, 7) is 0.00918. The third-order valence-electron chi connectivity index (χ3n) is 2.81. The van der Waals surface area contributed by atoms with Crippen molar-refractivity contribution in [2.24, 2.45) is 0 Å². The highest BCUT2D eigenvalue weighted by molar-refractivity contribution is 5.49. The Morgan fingerprint density at radius 2 is 2.00 bits per heavy atom.